The molecule has 3 aromatic heterocycles. The van der Waals surface area contributed by atoms with E-state index < -0.39 is 6.04 Å². The van der Waals surface area contributed by atoms with Crippen molar-refractivity contribution in [1.82, 2.24) is 19.5 Å². The summed E-state index contributed by atoms with van der Waals surface area (Å²) < 4.78 is 6.83. The third kappa shape index (κ3) is 4.67. The molecule has 0 spiro atoms. The van der Waals surface area contributed by atoms with Crippen LogP contribution in [0.5, 0.6) is 0 Å². The van der Waals surface area contributed by atoms with Crippen molar-refractivity contribution in [3.63, 3.8) is 0 Å². The van der Waals surface area contributed by atoms with Crippen molar-refractivity contribution in [3.05, 3.63) is 70.0 Å². The molecule has 2 N–H and O–H groups in total. The van der Waals surface area contributed by atoms with Crippen LogP contribution in [0.15, 0.2) is 53.8 Å². The molecule has 156 valence electrons. The topological polar surface area (TPSA) is 102 Å². The van der Waals surface area contributed by atoms with Gasteiger partial charge in [0.25, 0.3) is 5.56 Å². The van der Waals surface area contributed by atoms with Crippen molar-refractivity contribution in [1.29, 1.82) is 0 Å². The monoisotopic (exact) mass is 427 g/mol. The van der Waals surface area contributed by atoms with Gasteiger partial charge < -0.3 is 19.7 Å². The first kappa shape index (κ1) is 20.5. The van der Waals surface area contributed by atoms with E-state index in [-0.39, 0.29) is 18.2 Å². The van der Waals surface area contributed by atoms with Crippen molar-refractivity contribution < 1.29 is 9.84 Å². The molecule has 9 heteroatoms. The number of aliphatic hydroxyl groups excluding tert-OH is 1. The smallest absolute Gasteiger partial charge is 0.251 e. The minimum absolute atomic E-state index is 0.256. The molecule has 1 aliphatic rings. The second kappa shape index (κ2) is 9.34. The highest BCUT2D eigenvalue weighted by atomic mass is 35.5. The van der Waals surface area contributed by atoms with Gasteiger partial charge in [0.05, 0.1) is 23.4 Å². The summed E-state index contributed by atoms with van der Waals surface area (Å²) in [5, 5.41) is 13.6. The van der Waals surface area contributed by atoms with Crippen LogP contribution in [-0.2, 0) is 4.74 Å². The van der Waals surface area contributed by atoms with Crippen LogP contribution in [0.3, 0.4) is 0 Å². The molecule has 3 aromatic rings. The molecule has 0 radical (unpaired) electrons. The van der Waals surface area contributed by atoms with Gasteiger partial charge in [0, 0.05) is 55.7 Å². The highest BCUT2D eigenvalue weighted by Crippen LogP contribution is 2.21. The Labute approximate surface area is 178 Å². The van der Waals surface area contributed by atoms with Crippen LogP contribution in [0.25, 0.3) is 11.3 Å². The van der Waals surface area contributed by atoms with Crippen LogP contribution in [0.2, 0.25) is 5.02 Å². The van der Waals surface area contributed by atoms with Gasteiger partial charge in [-0.05, 0) is 36.6 Å². The molecule has 0 bridgehead atoms. The van der Waals surface area contributed by atoms with E-state index in [0.717, 1.165) is 26.1 Å². The maximum absolute atomic E-state index is 12.8. The molecule has 0 amide bonds. The number of halogens is 1. The maximum atomic E-state index is 12.8. The van der Waals surface area contributed by atoms with Crippen LogP contribution in [0, 0.1) is 0 Å². The molecule has 8 nitrogen and oxygen atoms in total. The van der Waals surface area contributed by atoms with Gasteiger partial charge in [0.1, 0.15) is 0 Å². The third-order valence-electron chi connectivity index (χ3n) is 5.07. The van der Waals surface area contributed by atoms with Crippen LogP contribution in [0.4, 0.5) is 5.95 Å². The molecule has 1 aliphatic heterocycles. The predicted octanol–water partition coefficient (Wildman–Crippen LogP) is 2.53. The number of pyridine rings is 2. The van der Waals surface area contributed by atoms with E-state index in [1.54, 1.807) is 36.8 Å². The zero-order valence-corrected chi connectivity index (χ0v) is 17.0. The zero-order valence-electron chi connectivity index (χ0n) is 16.2. The van der Waals surface area contributed by atoms with Gasteiger partial charge in [-0.3, -0.25) is 9.78 Å². The van der Waals surface area contributed by atoms with Gasteiger partial charge in [-0.2, -0.15) is 0 Å². The fourth-order valence-electron chi connectivity index (χ4n) is 3.48. The minimum atomic E-state index is -0.575. The first-order valence-corrected chi connectivity index (χ1v) is 10.1. The number of anilines is 1. The summed E-state index contributed by atoms with van der Waals surface area (Å²) in [7, 11) is 0. The number of aromatic nitrogens is 4. The minimum Gasteiger partial charge on any atom is -0.394 e. The van der Waals surface area contributed by atoms with Gasteiger partial charge in [-0.1, -0.05) is 11.6 Å². The number of nitrogens with zero attached hydrogens (tertiary/aromatic N) is 4. The van der Waals surface area contributed by atoms with Crippen molar-refractivity contribution in [2.24, 2.45) is 0 Å². The molecule has 30 heavy (non-hydrogen) atoms. The van der Waals surface area contributed by atoms with Crippen molar-refractivity contribution in [2.75, 3.05) is 25.1 Å². The second-order valence-electron chi connectivity index (χ2n) is 7.09. The highest BCUT2D eigenvalue weighted by Gasteiger charge is 2.17. The van der Waals surface area contributed by atoms with E-state index in [9.17, 15) is 9.90 Å². The molecule has 0 saturated carbocycles. The lowest BCUT2D eigenvalue weighted by Gasteiger charge is -2.23. The fraction of sp³-hybridized carbons (Fsp3) is 0.333. The summed E-state index contributed by atoms with van der Waals surface area (Å²) in [4.78, 5) is 25.7. The summed E-state index contributed by atoms with van der Waals surface area (Å²) in [6.07, 6.45) is 8.23. The highest BCUT2D eigenvalue weighted by molar-refractivity contribution is 6.30. The molecule has 0 aromatic carbocycles. The first-order chi connectivity index (χ1) is 14.6. The molecule has 0 aliphatic carbocycles. The lowest BCUT2D eigenvalue weighted by atomic mass is 10.1. The van der Waals surface area contributed by atoms with E-state index in [2.05, 4.69) is 20.3 Å². The Balaban J connectivity index is 1.58. The lowest BCUT2D eigenvalue weighted by molar-refractivity contribution is 0.0903. The first-order valence-electron chi connectivity index (χ1n) is 9.75. The summed E-state index contributed by atoms with van der Waals surface area (Å²) in [6.45, 7) is 1.20. The zero-order chi connectivity index (χ0) is 20.9. The summed E-state index contributed by atoms with van der Waals surface area (Å²) in [5.41, 5.74) is 1.72. The fourth-order valence-corrected chi connectivity index (χ4v) is 3.67. The number of hydrogen-bond acceptors (Lipinski definition) is 7. The van der Waals surface area contributed by atoms with E-state index >= 15 is 0 Å². The number of hydrogen-bond donors (Lipinski definition) is 2. The number of rotatable bonds is 6. The quantitative estimate of drug-likeness (QED) is 0.623. The molecule has 4 heterocycles. The van der Waals surface area contributed by atoms with Crippen molar-refractivity contribution in [2.45, 2.75) is 24.9 Å². The van der Waals surface area contributed by atoms with E-state index in [4.69, 9.17) is 16.3 Å². The molecule has 1 unspecified atom stereocenters. The number of aliphatic hydroxyl groups is 1. The Hall–Kier alpha value is -2.81. The summed E-state index contributed by atoms with van der Waals surface area (Å²) >= 11 is 6.00. The van der Waals surface area contributed by atoms with Gasteiger partial charge in [0.2, 0.25) is 5.95 Å². The molecule has 4 rings (SSSR count). The van der Waals surface area contributed by atoms with Crippen molar-refractivity contribution in [3.8, 4) is 11.3 Å². The van der Waals surface area contributed by atoms with Gasteiger partial charge in [-0.15, -0.1) is 0 Å². The Morgan fingerprint density at radius 3 is 2.83 bits per heavy atom. The van der Waals surface area contributed by atoms with E-state index in [0.29, 0.717) is 27.8 Å². The third-order valence-corrected chi connectivity index (χ3v) is 5.28. The SMILES string of the molecule is O=c1cc(-c2ccnc(NC3CCOCC3)n2)ccn1C(CO)c1cncc(Cl)c1. The molecular weight excluding hydrogens is 406 g/mol. The largest absolute Gasteiger partial charge is 0.394 e. The Morgan fingerprint density at radius 2 is 2.10 bits per heavy atom. The van der Waals surface area contributed by atoms with Crippen LogP contribution < -0.4 is 10.9 Å². The summed E-state index contributed by atoms with van der Waals surface area (Å²) in [6, 6.07) is 6.45. The Morgan fingerprint density at radius 1 is 1.27 bits per heavy atom. The second-order valence-corrected chi connectivity index (χ2v) is 7.53. The van der Waals surface area contributed by atoms with Gasteiger partial charge >= 0.3 is 0 Å². The molecule has 1 atom stereocenters. The normalized spacial score (nSPS) is 15.7. The Bertz CT molecular complexity index is 1070. The number of nitrogens with one attached hydrogen (secondary N) is 1. The van der Waals surface area contributed by atoms with E-state index in [1.807, 2.05) is 0 Å². The van der Waals surface area contributed by atoms with E-state index in [1.165, 1.54) is 16.8 Å². The molecule has 1 fully saturated rings. The number of ether oxygens (including phenoxy) is 1. The van der Waals surface area contributed by atoms with Crippen LogP contribution in [-0.4, -0.2) is 50.5 Å². The maximum Gasteiger partial charge on any atom is 0.251 e. The van der Waals surface area contributed by atoms with Crippen LogP contribution >= 0.6 is 11.6 Å². The lowest BCUT2D eigenvalue weighted by Crippen LogP contribution is -2.28. The van der Waals surface area contributed by atoms with Crippen molar-refractivity contribution >= 4 is 17.5 Å². The average molecular weight is 428 g/mol. The summed E-state index contributed by atoms with van der Waals surface area (Å²) in [5.74, 6) is 0.529. The average Bonchev–Trinajstić information content (AvgIpc) is 2.76. The van der Waals surface area contributed by atoms with Gasteiger partial charge in [-0.25, -0.2) is 9.97 Å². The van der Waals surface area contributed by atoms with Crippen LogP contribution in [0.1, 0.15) is 24.4 Å². The molecular formula is C21H22ClN5O3. The van der Waals surface area contributed by atoms with Gasteiger partial charge in [0.15, 0.2) is 0 Å². The Kier molecular flexibility index (Phi) is 6.37. The standard InChI is InChI=1S/C21H22ClN5O3/c22-16-9-15(11-23-12-16)19(13-28)27-6-2-14(10-20(27)29)18-1-5-24-21(26-18)25-17-3-7-30-8-4-17/h1-2,5-6,9-12,17,19,28H,3-4,7-8,13H2,(H,24,25,26). The predicted molar refractivity (Wildman–Crippen MR) is 114 cm³/mol. The molecule has 1 saturated heterocycles.